The van der Waals surface area contributed by atoms with Crippen molar-refractivity contribution in [1.29, 1.82) is 0 Å². The van der Waals surface area contributed by atoms with E-state index in [9.17, 15) is 17.6 Å². The van der Waals surface area contributed by atoms with Crippen LogP contribution in [0.2, 0.25) is 0 Å². The van der Waals surface area contributed by atoms with E-state index in [2.05, 4.69) is 13.0 Å². The van der Waals surface area contributed by atoms with Crippen molar-refractivity contribution in [2.45, 2.75) is 39.0 Å². The number of unbranched alkanes of at least 4 members (excludes halogenated alkanes) is 1. The van der Waals surface area contributed by atoms with Gasteiger partial charge in [-0.05, 0) is 66.6 Å². The van der Waals surface area contributed by atoms with Gasteiger partial charge in [-0.15, -0.1) is 0 Å². The summed E-state index contributed by atoms with van der Waals surface area (Å²) in [6, 6.07) is 4.70. The largest absolute Gasteiger partial charge is 0.206 e. The maximum absolute atomic E-state index is 14.4. The van der Waals surface area contributed by atoms with E-state index >= 15 is 0 Å². The third kappa shape index (κ3) is 3.23. The second-order valence-corrected chi connectivity index (χ2v) is 6.20. The van der Waals surface area contributed by atoms with E-state index in [1.807, 2.05) is 0 Å². The number of halogens is 4. The normalized spacial score (nSPS) is 13.6. The molecular formula is C20H18F4. The van der Waals surface area contributed by atoms with Crippen molar-refractivity contribution in [2.24, 2.45) is 0 Å². The molecule has 1 aliphatic rings. The standard InChI is InChI=1S/C20H18F4/c1-2-3-4-12-5-6-13-8-16(17(21)9-14(13)7-12)15-10-18(22)20(24)19(23)11-15/h5,8-11H,2-4,6-7H2,1H3. The molecule has 0 unspecified atom stereocenters. The predicted molar refractivity (Wildman–Crippen MR) is 86.7 cm³/mol. The van der Waals surface area contributed by atoms with E-state index in [0.29, 0.717) is 12.8 Å². The lowest BCUT2D eigenvalue weighted by molar-refractivity contribution is 0.447. The average Bonchev–Trinajstić information content (AvgIpc) is 2.56. The van der Waals surface area contributed by atoms with Crippen LogP contribution in [-0.4, -0.2) is 0 Å². The van der Waals surface area contributed by atoms with E-state index in [-0.39, 0.29) is 11.1 Å². The number of hydrogen-bond acceptors (Lipinski definition) is 0. The van der Waals surface area contributed by atoms with Gasteiger partial charge in [-0.1, -0.05) is 25.0 Å². The van der Waals surface area contributed by atoms with Crippen LogP contribution in [0.15, 0.2) is 35.9 Å². The van der Waals surface area contributed by atoms with Crippen LogP contribution >= 0.6 is 0 Å². The summed E-state index contributed by atoms with van der Waals surface area (Å²) in [7, 11) is 0. The molecule has 0 fully saturated rings. The minimum Gasteiger partial charge on any atom is -0.206 e. The molecule has 0 aromatic heterocycles. The molecule has 0 atom stereocenters. The van der Waals surface area contributed by atoms with Crippen LogP contribution in [0.5, 0.6) is 0 Å². The van der Waals surface area contributed by atoms with Gasteiger partial charge < -0.3 is 0 Å². The molecule has 0 nitrogen and oxygen atoms in total. The maximum atomic E-state index is 14.4. The second-order valence-electron chi connectivity index (χ2n) is 6.20. The lowest BCUT2D eigenvalue weighted by atomic mass is 9.87. The van der Waals surface area contributed by atoms with Crippen molar-refractivity contribution in [1.82, 2.24) is 0 Å². The van der Waals surface area contributed by atoms with Gasteiger partial charge in [0.2, 0.25) is 0 Å². The first-order chi connectivity index (χ1) is 11.5. The Balaban J connectivity index is 1.95. The van der Waals surface area contributed by atoms with Crippen LogP contribution < -0.4 is 0 Å². The Morgan fingerprint density at radius 3 is 2.25 bits per heavy atom. The van der Waals surface area contributed by atoms with E-state index in [1.54, 1.807) is 6.07 Å². The molecule has 3 rings (SSSR count). The zero-order valence-electron chi connectivity index (χ0n) is 13.4. The molecule has 126 valence electrons. The minimum absolute atomic E-state index is 0.00691. The zero-order chi connectivity index (χ0) is 17.3. The molecule has 0 amide bonds. The molecule has 1 aliphatic carbocycles. The highest BCUT2D eigenvalue weighted by molar-refractivity contribution is 5.66. The van der Waals surface area contributed by atoms with Crippen LogP contribution in [-0.2, 0) is 12.8 Å². The molecule has 0 N–H and O–H groups in total. The highest BCUT2D eigenvalue weighted by Gasteiger charge is 2.18. The van der Waals surface area contributed by atoms with Gasteiger partial charge in [0.15, 0.2) is 17.5 Å². The molecule has 0 saturated heterocycles. The fourth-order valence-corrected chi connectivity index (χ4v) is 3.11. The maximum Gasteiger partial charge on any atom is 0.194 e. The lowest BCUT2D eigenvalue weighted by Crippen LogP contribution is -2.05. The molecule has 2 aromatic carbocycles. The Hall–Kier alpha value is -2.10. The van der Waals surface area contributed by atoms with Gasteiger partial charge in [0.05, 0.1) is 0 Å². The van der Waals surface area contributed by atoms with Crippen molar-refractivity contribution in [3.8, 4) is 11.1 Å². The summed E-state index contributed by atoms with van der Waals surface area (Å²) in [4.78, 5) is 0. The Labute approximate surface area is 138 Å². The first-order valence-corrected chi connectivity index (χ1v) is 8.13. The Kier molecular flexibility index (Phi) is 4.74. The van der Waals surface area contributed by atoms with E-state index in [1.165, 1.54) is 11.6 Å². The van der Waals surface area contributed by atoms with E-state index in [4.69, 9.17) is 0 Å². The van der Waals surface area contributed by atoms with Gasteiger partial charge in [-0.25, -0.2) is 17.6 Å². The average molecular weight is 334 g/mol. The SMILES string of the molecule is CCCCC1=CCc2cc(-c3cc(F)c(F)c(F)c3)c(F)cc2C1. The quantitative estimate of drug-likeness (QED) is 0.359. The van der Waals surface area contributed by atoms with Crippen molar-refractivity contribution in [3.05, 3.63) is 70.3 Å². The zero-order valence-corrected chi connectivity index (χ0v) is 13.4. The Morgan fingerprint density at radius 2 is 1.58 bits per heavy atom. The molecule has 0 saturated carbocycles. The van der Waals surface area contributed by atoms with Gasteiger partial charge in [0.1, 0.15) is 5.82 Å². The number of hydrogen-bond donors (Lipinski definition) is 0. The lowest BCUT2D eigenvalue weighted by Gasteiger charge is -2.19. The Morgan fingerprint density at radius 1 is 0.875 bits per heavy atom. The van der Waals surface area contributed by atoms with Crippen molar-refractivity contribution < 1.29 is 17.6 Å². The highest BCUT2D eigenvalue weighted by atomic mass is 19.2. The van der Waals surface area contributed by atoms with Crippen molar-refractivity contribution in [3.63, 3.8) is 0 Å². The summed E-state index contributed by atoms with van der Waals surface area (Å²) >= 11 is 0. The molecule has 0 aliphatic heterocycles. The number of rotatable bonds is 4. The van der Waals surface area contributed by atoms with Gasteiger partial charge in [-0.2, -0.15) is 0 Å². The van der Waals surface area contributed by atoms with Crippen molar-refractivity contribution in [2.75, 3.05) is 0 Å². The molecule has 2 aromatic rings. The van der Waals surface area contributed by atoms with Crippen LogP contribution in [0.4, 0.5) is 17.6 Å². The fraction of sp³-hybridized carbons (Fsp3) is 0.300. The second kappa shape index (κ2) is 6.80. The van der Waals surface area contributed by atoms with E-state index in [0.717, 1.165) is 42.5 Å². The molecule has 0 spiro atoms. The predicted octanol–water partition coefficient (Wildman–Crippen LogP) is 6.13. The van der Waals surface area contributed by atoms with Crippen LogP contribution in [0, 0.1) is 23.3 Å². The van der Waals surface area contributed by atoms with Gasteiger partial charge in [0.25, 0.3) is 0 Å². The number of allylic oxidation sites excluding steroid dienone is 2. The molecular weight excluding hydrogens is 316 g/mol. The summed E-state index contributed by atoms with van der Waals surface area (Å²) in [5.74, 6) is -4.72. The molecule has 4 heteroatoms. The third-order valence-electron chi connectivity index (χ3n) is 4.46. The minimum atomic E-state index is -1.54. The first-order valence-electron chi connectivity index (χ1n) is 8.13. The van der Waals surface area contributed by atoms with Crippen molar-refractivity contribution >= 4 is 0 Å². The summed E-state index contributed by atoms with van der Waals surface area (Å²) in [6.45, 7) is 2.13. The highest BCUT2D eigenvalue weighted by Crippen LogP contribution is 2.32. The molecule has 24 heavy (non-hydrogen) atoms. The third-order valence-corrected chi connectivity index (χ3v) is 4.46. The monoisotopic (exact) mass is 334 g/mol. The smallest absolute Gasteiger partial charge is 0.194 e. The van der Waals surface area contributed by atoms with Gasteiger partial charge >= 0.3 is 0 Å². The van der Waals surface area contributed by atoms with Gasteiger partial charge in [0, 0.05) is 5.56 Å². The topological polar surface area (TPSA) is 0 Å². The van der Waals surface area contributed by atoms with Crippen LogP contribution in [0.25, 0.3) is 11.1 Å². The fourth-order valence-electron chi connectivity index (χ4n) is 3.11. The molecule has 0 heterocycles. The first kappa shape index (κ1) is 16.7. The molecule has 0 bridgehead atoms. The van der Waals surface area contributed by atoms with Gasteiger partial charge in [-0.3, -0.25) is 0 Å². The summed E-state index contributed by atoms with van der Waals surface area (Å²) in [5, 5.41) is 0. The number of fused-ring (bicyclic) bond motifs is 1. The molecule has 0 radical (unpaired) electrons. The Bertz CT molecular complexity index is 783. The van der Waals surface area contributed by atoms with Crippen LogP contribution in [0.1, 0.15) is 37.3 Å². The number of benzene rings is 2. The van der Waals surface area contributed by atoms with E-state index < -0.39 is 23.3 Å². The summed E-state index contributed by atoms with van der Waals surface area (Å²) < 4.78 is 54.4. The summed E-state index contributed by atoms with van der Waals surface area (Å²) in [5.41, 5.74) is 3.25. The van der Waals surface area contributed by atoms with Crippen LogP contribution in [0.3, 0.4) is 0 Å². The summed E-state index contributed by atoms with van der Waals surface area (Å²) in [6.07, 6.45) is 6.75.